The summed E-state index contributed by atoms with van der Waals surface area (Å²) in [7, 11) is 0. The summed E-state index contributed by atoms with van der Waals surface area (Å²) in [5, 5.41) is 2.85. The van der Waals surface area contributed by atoms with E-state index in [2.05, 4.69) is 25.2 Å². The lowest BCUT2D eigenvalue weighted by Crippen LogP contribution is -2.20. The second-order valence-corrected chi connectivity index (χ2v) is 7.24. The van der Waals surface area contributed by atoms with E-state index in [4.69, 9.17) is 0 Å². The number of thiazole rings is 1. The standard InChI is InChI=1S/C16H20FN5OS/c1-10-5-13(19-9-18-10)6-12-3-4-22(7-12)8-14-15(17)21-16(24-14)20-11(2)23/h5,9,12H,3-4,6-8H2,1-2H3,(H,20,21,23)/t12-/m1/s1. The van der Waals surface area contributed by atoms with Crippen molar-refractivity contribution in [3.8, 4) is 0 Å². The highest BCUT2D eigenvalue weighted by atomic mass is 32.1. The van der Waals surface area contributed by atoms with E-state index in [-0.39, 0.29) is 5.91 Å². The molecule has 8 heteroatoms. The van der Waals surface area contributed by atoms with Crippen LogP contribution in [0.4, 0.5) is 9.52 Å². The molecule has 24 heavy (non-hydrogen) atoms. The maximum Gasteiger partial charge on any atom is 0.230 e. The van der Waals surface area contributed by atoms with Crippen molar-refractivity contribution in [2.24, 2.45) is 5.92 Å². The van der Waals surface area contributed by atoms with Gasteiger partial charge in [0.1, 0.15) is 6.33 Å². The molecule has 0 saturated carbocycles. The summed E-state index contributed by atoms with van der Waals surface area (Å²) in [4.78, 5) is 26.0. The van der Waals surface area contributed by atoms with Gasteiger partial charge in [0.25, 0.3) is 0 Å². The number of amides is 1. The van der Waals surface area contributed by atoms with Crippen molar-refractivity contribution in [2.75, 3.05) is 18.4 Å². The van der Waals surface area contributed by atoms with E-state index >= 15 is 0 Å². The van der Waals surface area contributed by atoms with Crippen molar-refractivity contribution >= 4 is 22.4 Å². The summed E-state index contributed by atoms with van der Waals surface area (Å²) in [5.41, 5.74) is 2.04. The molecule has 0 unspecified atom stereocenters. The first-order chi connectivity index (χ1) is 11.5. The topological polar surface area (TPSA) is 71.0 Å². The van der Waals surface area contributed by atoms with Gasteiger partial charge in [0, 0.05) is 31.4 Å². The van der Waals surface area contributed by atoms with Gasteiger partial charge >= 0.3 is 0 Å². The summed E-state index contributed by atoms with van der Waals surface area (Å²) >= 11 is 1.20. The van der Waals surface area contributed by atoms with Gasteiger partial charge in [-0.1, -0.05) is 11.3 Å². The van der Waals surface area contributed by atoms with Gasteiger partial charge < -0.3 is 5.32 Å². The lowest BCUT2D eigenvalue weighted by atomic mass is 10.0. The Hall–Kier alpha value is -1.93. The number of halogens is 1. The number of anilines is 1. The van der Waals surface area contributed by atoms with Gasteiger partial charge in [-0.3, -0.25) is 9.69 Å². The maximum atomic E-state index is 13.9. The largest absolute Gasteiger partial charge is 0.302 e. The molecule has 1 fully saturated rings. The van der Waals surface area contributed by atoms with Crippen LogP contribution in [0.2, 0.25) is 0 Å². The number of rotatable bonds is 5. The minimum Gasteiger partial charge on any atom is -0.302 e. The lowest BCUT2D eigenvalue weighted by Gasteiger charge is -2.14. The third-order valence-corrected chi connectivity index (χ3v) is 4.96. The number of hydrogen-bond donors (Lipinski definition) is 1. The number of nitrogens with one attached hydrogen (secondary N) is 1. The van der Waals surface area contributed by atoms with Crippen molar-refractivity contribution in [1.82, 2.24) is 19.9 Å². The Balaban J connectivity index is 1.56. The second kappa shape index (κ2) is 7.31. The molecule has 0 aliphatic carbocycles. The smallest absolute Gasteiger partial charge is 0.230 e. The van der Waals surface area contributed by atoms with Crippen molar-refractivity contribution < 1.29 is 9.18 Å². The first-order valence-electron chi connectivity index (χ1n) is 7.92. The molecule has 3 heterocycles. The lowest BCUT2D eigenvalue weighted by molar-refractivity contribution is -0.114. The molecule has 0 radical (unpaired) electrons. The highest BCUT2D eigenvalue weighted by molar-refractivity contribution is 7.15. The third-order valence-electron chi connectivity index (χ3n) is 4.03. The van der Waals surface area contributed by atoms with Crippen LogP contribution >= 0.6 is 11.3 Å². The molecule has 128 valence electrons. The average molecular weight is 349 g/mol. The van der Waals surface area contributed by atoms with Gasteiger partial charge in [-0.2, -0.15) is 9.37 Å². The second-order valence-electron chi connectivity index (χ2n) is 6.16. The van der Waals surface area contributed by atoms with Crippen molar-refractivity contribution in [3.63, 3.8) is 0 Å². The summed E-state index contributed by atoms with van der Waals surface area (Å²) in [6.45, 7) is 5.73. The highest BCUT2D eigenvalue weighted by Crippen LogP contribution is 2.27. The third kappa shape index (κ3) is 4.33. The minimum atomic E-state index is -0.487. The normalized spacial score (nSPS) is 18.0. The van der Waals surface area contributed by atoms with Gasteiger partial charge in [0.2, 0.25) is 11.9 Å². The molecular weight excluding hydrogens is 329 g/mol. The monoisotopic (exact) mass is 349 g/mol. The maximum absolute atomic E-state index is 13.9. The van der Waals surface area contributed by atoms with Crippen LogP contribution in [0.25, 0.3) is 0 Å². The molecule has 2 aromatic rings. The first-order valence-corrected chi connectivity index (χ1v) is 8.74. The van der Waals surface area contributed by atoms with Crippen LogP contribution in [0, 0.1) is 18.8 Å². The van der Waals surface area contributed by atoms with Gasteiger partial charge in [-0.25, -0.2) is 9.97 Å². The van der Waals surface area contributed by atoms with Crippen LogP contribution in [0.5, 0.6) is 0 Å². The van der Waals surface area contributed by atoms with Gasteiger partial charge in [0.15, 0.2) is 5.13 Å². The molecule has 1 atom stereocenters. The Morgan fingerprint density at radius 3 is 3.08 bits per heavy atom. The Morgan fingerprint density at radius 1 is 1.50 bits per heavy atom. The molecule has 0 spiro atoms. The summed E-state index contributed by atoms with van der Waals surface area (Å²) in [5.74, 6) is -0.208. The molecule has 0 bridgehead atoms. The van der Waals surface area contributed by atoms with E-state index < -0.39 is 5.95 Å². The van der Waals surface area contributed by atoms with E-state index in [0.29, 0.717) is 22.5 Å². The molecule has 6 nitrogen and oxygen atoms in total. The highest BCUT2D eigenvalue weighted by Gasteiger charge is 2.25. The predicted octanol–water partition coefficient (Wildman–Crippen LogP) is 2.40. The van der Waals surface area contributed by atoms with Crippen LogP contribution in [-0.2, 0) is 17.8 Å². The SMILES string of the molecule is CC(=O)Nc1nc(F)c(CN2CC[C@H](Cc3cc(C)ncn3)C2)s1. The molecule has 1 amide bonds. The van der Waals surface area contributed by atoms with E-state index in [1.807, 2.05) is 13.0 Å². The molecule has 1 aliphatic rings. The van der Waals surface area contributed by atoms with Crippen LogP contribution in [-0.4, -0.2) is 38.8 Å². The Labute approximate surface area is 144 Å². The van der Waals surface area contributed by atoms with E-state index in [1.54, 1.807) is 6.33 Å². The fourth-order valence-electron chi connectivity index (χ4n) is 2.98. The van der Waals surface area contributed by atoms with Crippen molar-refractivity contribution in [2.45, 2.75) is 33.2 Å². The zero-order valence-electron chi connectivity index (χ0n) is 13.8. The number of nitrogens with zero attached hydrogens (tertiary/aromatic N) is 4. The molecule has 0 aromatic carbocycles. The molecule has 2 aromatic heterocycles. The molecule has 3 rings (SSSR count). The minimum absolute atomic E-state index is 0.239. The number of aryl methyl sites for hydroxylation is 1. The number of carbonyl (C=O) groups excluding carboxylic acids is 1. The summed E-state index contributed by atoms with van der Waals surface area (Å²) in [6.07, 6.45) is 3.60. The summed E-state index contributed by atoms with van der Waals surface area (Å²) in [6, 6.07) is 2.02. The number of hydrogen-bond acceptors (Lipinski definition) is 6. The Morgan fingerprint density at radius 2 is 2.33 bits per heavy atom. The van der Waals surface area contributed by atoms with Crippen molar-refractivity contribution in [3.05, 3.63) is 34.6 Å². The summed E-state index contributed by atoms with van der Waals surface area (Å²) < 4.78 is 13.9. The van der Waals surface area contributed by atoms with Crippen LogP contribution in [0.15, 0.2) is 12.4 Å². The quantitative estimate of drug-likeness (QED) is 0.897. The average Bonchev–Trinajstić information content (AvgIpc) is 3.06. The zero-order valence-corrected chi connectivity index (χ0v) is 14.6. The zero-order chi connectivity index (χ0) is 17.1. The first kappa shape index (κ1) is 16.9. The number of likely N-dealkylation sites (tertiary alicyclic amines) is 1. The fourth-order valence-corrected chi connectivity index (χ4v) is 3.91. The van der Waals surface area contributed by atoms with E-state index in [0.717, 1.165) is 37.3 Å². The van der Waals surface area contributed by atoms with Gasteiger partial charge in [0.05, 0.1) is 4.88 Å². The van der Waals surface area contributed by atoms with Crippen LogP contribution in [0.1, 0.15) is 29.6 Å². The Kier molecular flexibility index (Phi) is 5.15. The van der Waals surface area contributed by atoms with Gasteiger partial charge in [-0.05, 0) is 38.3 Å². The Bertz CT molecular complexity index is 735. The van der Waals surface area contributed by atoms with E-state index in [1.165, 1.54) is 18.3 Å². The van der Waals surface area contributed by atoms with E-state index in [9.17, 15) is 9.18 Å². The van der Waals surface area contributed by atoms with Gasteiger partial charge in [-0.15, -0.1) is 0 Å². The predicted molar refractivity (Wildman–Crippen MR) is 90.2 cm³/mol. The molecule has 1 N–H and O–H groups in total. The fraction of sp³-hybridized carbons (Fsp3) is 0.500. The van der Waals surface area contributed by atoms with Crippen LogP contribution in [0.3, 0.4) is 0 Å². The molecule has 1 aliphatic heterocycles. The number of aromatic nitrogens is 3. The van der Waals surface area contributed by atoms with Crippen molar-refractivity contribution in [1.29, 1.82) is 0 Å². The molecular formula is C16H20FN5OS. The number of carbonyl (C=O) groups is 1. The molecule has 1 saturated heterocycles. The van der Waals surface area contributed by atoms with Crippen LogP contribution < -0.4 is 5.32 Å².